The first-order chi connectivity index (χ1) is 13.7. The number of hydrogen-bond donors (Lipinski definition) is 1. The Kier molecular flexibility index (Phi) is 6.59. The van der Waals surface area contributed by atoms with Gasteiger partial charge in [0, 0.05) is 10.0 Å². The fraction of sp³-hybridized carbons (Fsp3) is 0.435. The van der Waals surface area contributed by atoms with Crippen molar-refractivity contribution in [2.45, 2.75) is 50.9 Å². The van der Waals surface area contributed by atoms with Gasteiger partial charge in [-0.25, -0.2) is 0 Å². The molecule has 6 heteroatoms. The van der Waals surface area contributed by atoms with Crippen molar-refractivity contribution < 1.29 is 14.6 Å². The van der Waals surface area contributed by atoms with Crippen LogP contribution in [0.1, 0.15) is 44.7 Å². The summed E-state index contributed by atoms with van der Waals surface area (Å²) in [6, 6.07) is 14.6. The molecule has 3 rings (SSSR count). The summed E-state index contributed by atoms with van der Waals surface area (Å²) in [6.07, 6.45) is 1.56. The second kappa shape index (κ2) is 8.65. The number of hydrogen-bond acceptors (Lipinski definition) is 3. The van der Waals surface area contributed by atoms with E-state index in [1.54, 1.807) is 18.7 Å². The number of rotatable bonds is 6. The summed E-state index contributed by atoms with van der Waals surface area (Å²) in [7, 11) is 0. The Morgan fingerprint density at radius 1 is 1.07 bits per heavy atom. The Bertz CT molecular complexity index is 798. The van der Waals surface area contributed by atoms with Crippen LogP contribution in [0.4, 0.5) is 0 Å². The van der Waals surface area contributed by atoms with Crippen LogP contribution in [0.15, 0.2) is 48.5 Å². The van der Waals surface area contributed by atoms with Gasteiger partial charge in [0.25, 0.3) is 0 Å². The monoisotopic (exact) mass is 435 g/mol. The lowest BCUT2D eigenvalue weighted by Crippen LogP contribution is -2.61. The molecule has 1 saturated heterocycles. The lowest BCUT2D eigenvalue weighted by Gasteiger charge is -2.48. The van der Waals surface area contributed by atoms with Crippen LogP contribution in [0.3, 0.4) is 0 Å². The van der Waals surface area contributed by atoms with Gasteiger partial charge in [-0.05, 0) is 55.7 Å². The molecular weight excluding hydrogens is 409 g/mol. The lowest BCUT2D eigenvalue weighted by molar-refractivity contribution is -0.171. The topological polar surface area (TPSA) is 49.8 Å². The van der Waals surface area contributed by atoms with E-state index in [-0.39, 0.29) is 18.6 Å². The lowest BCUT2D eigenvalue weighted by atomic mass is 9.82. The first-order valence-electron chi connectivity index (χ1n) is 9.85. The fourth-order valence-electron chi connectivity index (χ4n) is 4.04. The van der Waals surface area contributed by atoms with Crippen LogP contribution in [-0.2, 0) is 15.1 Å². The van der Waals surface area contributed by atoms with Crippen LogP contribution >= 0.6 is 23.2 Å². The van der Waals surface area contributed by atoms with E-state index in [1.165, 1.54) is 0 Å². The molecule has 0 bridgehead atoms. The number of halogens is 2. The number of ether oxygens (including phenoxy) is 1. The van der Waals surface area contributed by atoms with E-state index in [0.29, 0.717) is 23.0 Å². The molecule has 2 aromatic carbocycles. The predicted octanol–water partition coefficient (Wildman–Crippen LogP) is 5.04. The quantitative estimate of drug-likeness (QED) is 0.691. The Balaban J connectivity index is 2.11. The summed E-state index contributed by atoms with van der Waals surface area (Å²) in [5.41, 5.74) is -0.116. The summed E-state index contributed by atoms with van der Waals surface area (Å²) in [5, 5.41) is 12.1. The van der Waals surface area contributed by atoms with Crippen molar-refractivity contribution in [3.8, 4) is 0 Å². The molecule has 0 radical (unpaired) electrons. The molecule has 0 aliphatic carbocycles. The number of amides is 1. The highest BCUT2D eigenvalue weighted by atomic mass is 35.5. The zero-order valence-corrected chi connectivity index (χ0v) is 18.5. The molecule has 0 spiro atoms. The molecule has 0 unspecified atom stereocenters. The fourth-order valence-corrected chi connectivity index (χ4v) is 4.30. The summed E-state index contributed by atoms with van der Waals surface area (Å²) < 4.78 is 6.24. The predicted molar refractivity (Wildman–Crippen MR) is 116 cm³/mol. The van der Waals surface area contributed by atoms with Crippen LogP contribution < -0.4 is 0 Å². The minimum Gasteiger partial charge on any atom is -0.388 e. The average molecular weight is 436 g/mol. The van der Waals surface area contributed by atoms with E-state index < -0.39 is 11.2 Å². The van der Waals surface area contributed by atoms with Gasteiger partial charge < -0.3 is 14.7 Å². The first-order valence-corrected chi connectivity index (χ1v) is 10.6. The maximum absolute atomic E-state index is 12.9. The van der Waals surface area contributed by atoms with Crippen LogP contribution in [-0.4, -0.2) is 40.7 Å². The van der Waals surface area contributed by atoms with Crippen LogP contribution in [0, 0.1) is 0 Å². The van der Waals surface area contributed by atoms with Crippen molar-refractivity contribution in [2.24, 2.45) is 0 Å². The molecule has 29 heavy (non-hydrogen) atoms. The van der Waals surface area contributed by atoms with Gasteiger partial charge in [-0.1, -0.05) is 60.8 Å². The van der Waals surface area contributed by atoms with Crippen molar-refractivity contribution in [2.75, 3.05) is 13.2 Å². The van der Waals surface area contributed by atoms with Crippen molar-refractivity contribution in [3.05, 3.63) is 69.7 Å². The highest BCUT2D eigenvalue weighted by Gasteiger charge is 2.47. The van der Waals surface area contributed by atoms with Gasteiger partial charge in [0.1, 0.15) is 12.2 Å². The molecule has 156 valence electrons. The number of carbonyl (C=O) groups is 1. The highest BCUT2D eigenvalue weighted by Crippen LogP contribution is 2.40. The molecular formula is C23H27Cl2NO3. The maximum Gasteiger partial charge on any atom is 0.249 e. The van der Waals surface area contributed by atoms with Gasteiger partial charge in [-0.2, -0.15) is 0 Å². The van der Waals surface area contributed by atoms with E-state index in [1.807, 2.05) is 48.5 Å². The van der Waals surface area contributed by atoms with Crippen molar-refractivity contribution in [3.63, 3.8) is 0 Å². The third kappa shape index (κ3) is 4.61. The maximum atomic E-state index is 12.9. The van der Waals surface area contributed by atoms with Gasteiger partial charge in [0.05, 0.1) is 18.2 Å². The Labute approximate surface area is 182 Å². The first kappa shape index (κ1) is 22.1. The van der Waals surface area contributed by atoms with Gasteiger partial charge in [-0.3, -0.25) is 4.79 Å². The summed E-state index contributed by atoms with van der Waals surface area (Å²) in [6.45, 7) is 5.78. The smallest absolute Gasteiger partial charge is 0.249 e. The number of nitrogens with zero attached hydrogens (tertiary/aromatic N) is 1. The third-order valence-corrected chi connectivity index (χ3v) is 6.03. The largest absolute Gasteiger partial charge is 0.388 e. The third-order valence-electron chi connectivity index (χ3n) is 5.53. The van der Waals surface area contributed by atoms with Crippen LogP contribution in [0.2, 0.25) is 10.0 Å². The van der Waals surface area contributed by atoms with E-state index >= 15 is 0 Å². The molecule has 1 N–H and O–H groups in total. The second-order valence-electron chi connectivity index (χ2n) is 8.11. The minimum absolute atomic E-state index is 0.0679. The molecule has 1 aliphatic heterocycles. The molecule has 0 aromatic heterocycles. The SMILES string of the molecule is CCC[C@H](N1CC(c2ccc(Cl)cc2)(c2ccc(Cl)cc2)OCC1=O)C(C)(C)O. The standard InChI is InChI=1S/C23H27Cl2NO3/c1-4-5-20(22(2,3)28)26-15-23(29-14-21(26)27,16-6-10-18(24)11-7-16)17-8-12-19(25)13-9-17/h6-13,20,28H,4-5,14-15H2,1-3H3/t20-/m0/s1. The van der Waals surface area contributed by atoms with Gasteiger partial charge >= 0.3 is 0 Å². The Hall–Kier alpha value is -1.59. The summed E-state index contributed by atoms with van der Waals surface area (Å²) in [4.78, 5) is 14.6. The van der Waals surface area contributed by atoms with E-state index in [2.05, 4.69) is 6.92 Å². The van der Waals surface area contributed by atoms with Crippen LogP contribution in [0.5, 0.6) is 0 Å². The zero-order chi connectivity index (χ0) is 21.2. The van der Waals surface area contributed by atoms with Crippen molar-refractivity contribution in [1.82, 2.24) is 4.90 Å². The summed E-state index contributed by atoms with van der Waals surface area (Å²) >= 11 is 12.2. The number of benzene rings is 2. The molecule has 0 saturated carbocycles. The summed E-state index contributed by atoms with van der Waals surface area (Å²) in [5.74, 6) is -0.121. The molecule has 1 heterocycles. The zero-order valence-electron chi connectivity index (χ0n) is 17.0. The van der Waals surface area contributed by atoms with Gasteiger partial charge in [0.2, 0.25) is 5.91 Å². The van der Waals surface area contributed by atoms with Crippen molar-refractivity contribution >= 4 is 29.1 Å². The van der Waals surface area contributed by atoms with E-state index in [4.69, 9.17) is 27.9 Å². The van der Waals surface area contributed by atoms with Crippen molar-refractivity contribution in [1.29, 1.82) is 0 Å². The molecule has 4 nitrogen and oxygen atoms in total. The molecule has 1 atom stereocenters. The number of aliphatic hydroxyl groups is 1. The Morgan fingerprint density at radius 3 is 1.97 bits per heavy atom. The second-order valence-corrected chi connectivity index (χ2v) is 8.98. The van der Waals surface area contributed by atoms with Gasteiger partial charge in [-0.15, -0.1) is 0 Å². The minimum atomic E-state index is -1.03. The Morgan fingerprint density at radius 2 is 1.55 bits per heavy atom. The number of carbonyl (C=O) groups excluding carboxylic acids is 1. The number of morpholine rings is 1. The van der Waals surface area contributed by atoms with Gasteiger partial charge in [0.15, 0.2) is 0 Å². The molecule has 1 amide bonds. The molecule has 1 aliphatic rings. The van der Waals surface area contributed by atoms with E-state index in [0.717, 1.165) is 17.5 Å². The van der Waals surface area contributed by atoms with E-state index in [9.17, 15) is 9.90 Å². The van der Waals surface area contributed by atoms with Crippen LogP contribution in [0.25, 0.3) is 0 Å². The normalized spacial score (nSPS) is 18.0. The highest BCUT2D eigenvalue weighted by molar-refractivity contribution is 6.30. The average Bonchev–Trinajstić information content (AvgIpc) is 2.67. The molecule has 2 aromatic rings. The molecule has 1 fully saturated rings.